The number of allylic oxidation sites excluding steroid dienone is 5. The molecule has 7 aromatic rings. The lowest BCUT2D eigenvalue weighted by Crippen LogP contribution is -2.17. The number of nitrogens with two attached hydrogens (primary N) is 1. The average molecular weight is 674 g/mol. The number of fused-ring (bicyclic) bond motifs is 5. The quantitative estimate of drug-likeness (QED) is 0.141. The van der Waals surface area contributed by atoms with Gasteiger partial charge in [0.05, 0.1) is 6.54 Å². The number of amidine groups is 2. The van der Waals surface area contributed by atoms with E-state index in [9.17, 15) is 0 Å². The van der Waals surface area contributed by atoms with Crippen molar-refractivity contribution in [2.75, 3.05) is 6.54 Å². The van der Waals surface area contributed by atoms with E-state index in [4.69, 9.17) is 20.1 Å². The van der Waals surface area contributed by atoms with E-state index in [2.05, 4.69) is 128 Å². The van der Waals surface area contributed by atoms with E-state index in [0.717, 1.165) is 85.5 Å². The molecule has 4 heteroatoms. The summed E-state index contributed by atoms with van der Waals surface area (Å²) in [5, 5.41) is 5.64. The molecule has 252 valence electrons. The molecule has 1 atom stereocenters. The molecule has 0 aliphatic heterocycles. The smallest absolute Gasteiger partial charge is 0.157 e. The molecule has 6 aromatic carbocycles. The number of aryl methyl sites for hydroxylation is 1. The third-order valence-electron chi connectivity index (χ3n) is 10.5. The number of rotatable bonds is 6. The van der Waals surface area contributed by atoms with Crippen molar-refractivity contribution >= 4 is 55.3 Å². The van der Waals surface area contributed by atoms with Crippen molar-refractivity contribution in [1.29, 1.82) is 0 Å². The topological polar surface area (TPSA) is 63.9 Å². The molecule has 0 amide bonds. The summed E-state index contributed by atoms with van der Waals surface area (Å²) in [5.74, 6) is 2.57. The first kappa shape index (κ1) is 31.7. The van der Waals surface area contributed by atoms with Gasteiger partial charge in [-0.15, -0.1) is 0 Å². The Kier molecular flexibility index (Phi) is 8.21. The summed E-state index contributed by atoms with van der Waals surface area (Å²) in [4.78, 5) is 10.4. The van der Waals surface area contributed by atoms with Gasteiger partial charge in [0.15, 0.2) is 5.84 Å². The van der Waals surface area contributed by atoms with E-state index in [1.807, 2.05) is 30.3 Å². The van der Waals surface area contributed by atoms with Gasteiger partial charge in [-0.3, -0.25) is 4.99 Å². The van der Waals surface area contributed by atoms with Gasteiger partial charge in [0.2, 0.25) is 0 Å². The molecule has 0 bridgehead atoms. The number of benzene rings is 6. The molecule has 0 fully saturated rings. The second-order valence-corrected chi connectivity index (χ2v) is 13.8. The van der Waals surface area contributed by atoms with E-state index in [0.29, 0.717) is 24.1 Å². The van der Waals surface area contributed by atoms with Gasteiger partial charge in [-0.1, -0.05) is 146 Å². The summed E-state index contributed by atoms with van der Waals surface area (Å²) >= 11 is 0. The Labute approximate surface area is 304 Å². The predicted molar refractivity (Wildman–Crippen MR) is 219 cm³/mol. The molecular weight excluding hydrogens is 635 g/mol. The van der Waals surface area contributed by atoms with Crippen molar-refractivity contribution in [3.63, 3.8) is 0 Å². The van der Waals surface area contributed by atoms with Gasteiger partial charge in [-0.05, 0) is 74.7 Å². The molecule has 0 saturated carbocycles. The SMILES string of the molecule is CC1CC=CC=C1c1ccc2cc(C(=NCC3=CCCc4oc5c(-c6ccccc6)cccc5c43)N=C(N)c3cccc4ccccc34)ccc2c1. The second kappa shape index (κ2) is 13.5. The summed E-state index contributed by atoms with van der Waals surface area (Å²) in [6.45, 7) is 2.75. The Morgan fingerprint density at radius 1 is 0.769 bits per heavy atom. The first-order chi connectivity index (χ1) is 25.6. The van der Waals surface area contributed by atoms with Gasteiger partial charge < -0.3 is 10.2 Å². The highest BCUT2D eigenvalue weighted by Gasteiger charge is 2.23. The molecule has 52 heavy (non-hydrogen) atoms. The normalized spacial score (nSPS) is 16.3. The average Bonchev–Trinajstić information content (AvgIpc) is 3.59. The Morgan fingerprint density at radius 3 is 2.46 bits per heavy atom. The highest BCUT2D eigenvalue weighted by molar-refractivity contribution is 6.16. The van der Waals surface area contributed by atoms with E-state index < -0.39 is 0 Å². The van der Waals surface area contributed by atoms with Crippen molar-refractivity contribution in [1.82, 2.24) is 0 Å². The molecule has 1 heterocycles. The molecule has 1 unspecified atom stereocenters. The fourth-order valence-corrected chi connectivity index (χ4v) is 7.83. The van der Waals surface area contributed by atoms with Gasteiger partial charge in [-0.25, -0.2) is 4.99 Å². The molecule has 0 spiro atoms. The monoisotopic (exact) mass is 673 g/mol. The van der Waals surface area contributed by atoms with Crippen LogP contribution in [-0.2, 0) is 6.42 Å². The first-order valence-electron chi connectivity index (χ1n) is 18.2. The van der Waals surface area contributed by atoms with Crippen molar-refractivity contribution in [3.05, 3.63) is 180 Å². The number of nitrogens with zero attached hydrogens (tertiary/aromatic N) is 2. The third-order valence-corrected chi connectivity index (χ3v) is 10.5. The third kappa shape index (κ3) is 5.86. The van der Waals surface area contributed by atoms with E-state index >= 15 is 0 Å². The Balaban J connectivity index is 1.13. The summed E-state index contributed by atoms with van der Waals surface area (Å²) in [6.07, 6.45) is 11.8. The number of aliphatic imine (C=N–C) groups is 2. The zero-order valence-electron chi connectivity index (χ0n) is 29.2. The molecule has 1 aromatic heterocycles. The fourth-order valence-electron chi connectivity index (χ4n) is 7.83. The van der Waals surface area contributed by atoms with E-state index in [1.54, 1.807) is 0 Å². The van der Waals surface area contributed by atoms with Crippen LogP contribution in [0.5, 0.6) is 0 Å². The van der Waals surface area contributed by atoms with Crippen LogP contribution in [0.4, 0.5) is 0 Å². The lowest BCUT2D eigenvalue weighted by atomic mass is 9.87. The maximum Gasteiger partial charge on any atom is 0.157 e. The minimum atomic E-state index is 0.442. The number of furan rings is 1. The standard InChI is InChI=1S/C48H39N3O/c1-31-12-5-7-18-39(31)36-26-24-35-29-37(27-25-34(35)28-36)48(51-47(49)42-21-9-16-32-15-6-8-19-40(32)42)50-30-38-17-10-23-44-45(38)43-22-11-20-41(46(43)52-44)33-13-3-2-4-14-33/h2-9,11,13-22,24-29,31H,10,12,23,30H2,1H3,(H2,49,50,51). The van der Waals surface area contributed by atoms with Crippen molar-refractivity contribution < 1.29 is 4.42 Å². The molecule has 4 nitrogen and oxygen atoms in total. The number of hydrogen-bond donors (Lipinski definition) is 1. The van der Waals surface area contributed by atoms with Crippen LogP contribution in [0.25, 0.3) is 54.8 Å². The summed E-state index contributed by atoms with van der Waals surface area (Å²) < 4.78 is 6.62. The second-order valence-electron chi connectivity index (χ2n) is 13.8. The molecule has 2 N–H and O–H groups in total. The maximum atomic E-state index is 6.87. The van der Waals surface area contributed by atoms with Crippen LogP contribution >= 0.6 is 0 Å². The van der Waals surface area contributed by atoms with Crippen LogP contribution < -0.4 is 5.73 Å². The molecule has 2 aliphatic rings. The zero-order valence-corrected chi connectivity index (χ0v) is 29.2. The highest BCUT2D eigenvalue weighted by atomic mass is 16.3. The predicted octanol–water partition coefficient (Wildman–Crippen LogP) is 11.6. The first-order valence-corrected chi connectivity index (χ1v) is 18.2. The van der Waals surface area contributed by atoms with Gasteiger partial charge in [-0.2, -0.15) is 0 Å². The Morgan fingerprint density at radius 2 is 1.56 bits per heavy atom. The van der Waals surface area contributed by atoms with Gasteiger partial charge >= 0.3 is 0 Å². The Hall–Kier alpha value is -6.26. The van der Waals surface area contributed by atoms with Crippen LogP contribution in [0.2, 0.25) is 0 Å². The molecule has 9 rings (SSSR count). The van der Waals surface area contributed by atoms with E-state index in [-0.39, 0.29) is 0 Å². The number of para-hydroxylation sites is 1. The molecule has 0 saturated heterocycles. The summed E-state index contributed by atoms with van der Waals surface area (Å²) in [7, 11) is 0. The minimum Gasteiger partial charge on any atom is -0.460 e. The van der Waals surface area contributed by atoms with E-state index in [1.165, 1.54) is 16.5 Å². The Bertz CT molecular complexity index is 2650. The molecule has 0 radical (unpaired) electrons. The largest absolute Gasteiger partial charge is 0.460 e. The number of hydrogen-bond acceptors (Lipinski definition) is 2. The highest BCUT2D eigenvalue weighted by Crippen LogP contribution is 2.40. The van der Waals surface area contributed by atoms with Gasteiger partial charge in [0.1, 0.15) is 17.2 Å². The van der Waals surface area contributed by atoms with Crippen molar-refractivity contribution in [2.24, 2.45) is 21.6 Å². The zero-order chi connectivity index (χ0) is 35.0. The molecule has 2 aliphatic carbocycles. The maximum absolute atomic E-state index is 6.87. The summed E-state index contributed by atoms with van der Waals surface area (Å²) in [6, 6.07) is 44.6. The summed E-state index contributed by atoms with van der Waals surface area (Å²) in [5.41, 5.74) is 16.8. The van der Waals surface area contributed by atoms with Crippen molar-refractivity contribution in [3.8, 4) is 11.1 Å². The molecular formula is C48H39N3O. The fraction of sp³-hybridized carbons (Fsp3) is 0.125. The van der Waals surface area contributed by atoms with Crippen LogP contribution in [-0.4, -0.2) is 18.2 Å². The van der Waals surface area contributed by atoms with Crippen LogP contribution in [0.1, 0.15) is 47.8 Å². The van der Waals surface area contributed by atoms with Crippen LogP contribution in [0.15, 0.2) is 166 Å². The van der Waals surface area contributed by atoms with Crippen LogP contribution in [0.3, 0.4) is 0 Å². The van der Waals surface area contributed by atoms with Crippen molar-refractivity contribution in [2.45, 2.75) is 26.2 Å². The minimum absolute atomic E-state index is 0.442. The van der Waals surface area contributed by atoms with Gasteiger partial charge in [0, 0.05) is 34.1 Å². The van der Waals surface area contributed by atoms with Gasteiger partial charge in [0.25, 0.3) is 0 Å². The lowest BCUT2D eigenvalue weighted by molar-refractivity contribution is 0.546. The van der Waals surface area contributed by atoms with Crippen LogP contribution in [0, 0.1) is 5.92 Å². The lowest BCUT2D eigenvalue weighted by Gasteiger charge is -2.18.